The van der Waals surface area contributed by atoms with Crippen molar-refractivity contribution in [2.24, 2.45) is 11.8 Å². The number of alkyl halides is 3. The van der Waals surface area contributed by atoms with Crippen LogP contribution in [0, 0.1) is 11.8 Å². The number of halogens is 3. The summed E-state index contributed by atoms with van der Waals surface area (Å²) in [6.45, 7) is 3.15. The third-order valence-corrected chi connectivity index (χ3v) is 5.86. The van der Waals surface area contributed by atoms with Crippen LogP contribution in [0.1, 0.15) is 37.0 Å². The monoisotopic (exact) mass is 430 g/mol. The van der Waals surface area contributed by atoms with Gasteiger partial charge in [-0.1, -0.05) is 6.92 Å². The molecule has 1 heterocycles. The molecule has 0 bridgehead atoms. The Kier molecular flexibility index (Phi) is 7.39. The van der Waals surface area contributed by atoms with Crippen molar-refractivity contribution in [3.8, 4) is 5.75 Å². The van der Waals surface area contributed by atoms with E-state index in [0.717, 1.165) is 4.90 Å². The lowest BCUT2D eigenvalue weighted by atomic mass is 9.83. The predicted octanol–water partition coefficient (Wildman–Crippen LogP) is 2.96. The maximum Gasteiger partial charge on any atom is 0.426 e. The summed E-state index contributed by atoms with van der Waals surface area (Å²) in [5.41, 5.74) is -2.84. The number of nitrogens with zero attached hydrogens (tertiary/aromatic N) is 2. The number of piperidine rings is 1. The molecule has 2 rings (SSSR count). The van der Waals surface area contributed by atoms with Gasteiger partial charge in [0.05, 0.1) is 7.11 Å². The topological polar surface area (TPSA) is 70.1 Å². The molecule has 0 radical (unpaired) electrons. The van der Waals surface area contributed by atoms with Gasteiger partial charge in [0.1, 0.15) is 5.75 Å². The van der Waals surface area contributed by atoms with Crippen LogP contribution in [0.5, 0.6) is 5.75 Å². The van der Waals surface area contributed by atoms with Crippen LogP contribution in [0.15, 0.2) is 24.3 Å². The summed E-state index contributed by atoms with van der Waals surface area (Å²) in [4.78, 5) is 27.4. The van der Waals surface area contributed by atoms with Gasteiger partial charge in [-0.05, 0) is 55.9 Å². The molecule has 0 spiro atoms. The Balaban J connectivity index is 1.89. The van der Waals surface area contributed by atoms with E-state index >= 15 is 0 Å². The van der Waals surface area contributed by atoms with Crippen LogP contribution in [-0.2, 0) is 4.79 Å². The molecule has 30 heavy (non-hydrogen) atoms. The van der Waals surface area contributed by atoms with E-state index in [1.807, 2.05) is 6.92 Å². The van der Waals surface area contributed by atoms with Crippen LogP contribution >= 0.6 is 0 Å². The molecular weight excluding hydrogens is 401 g/mol. The number of carbonyl (C=O) groups excluding carboxylic acids is 2. The second-order valence-corrected chi connectivity index (χ2v) is 8.09. The van der Waals surface area contributed by atoms with Crippen molar-refractivity contribution in [2.75, 3.05) is 33.8 Å². The van der Waals surface area contributed by atoms with Crippen molar-refractivity contribution in [3.05, 3.63) is 29.8 Å². The molecule has 3 atom stereocenters. The number of benzene rings is 1. The van der Waals surface area contributed by atoms with E-state index in [1.54, 1.807) is 43.3 Å². The Bertz CT molecular complexity index is 750. The second-order valence-electron chi connectivity index (χ2n) is 8.09. The SMILES string of the molecule is COc1ccc(C(=O)N(C)CC[C@H]2CCN(C(=O)[C@@](C)(O)C(F)(F)F)C[C@H]2C)cc1. The van der Waals surface area contributed by atoms with Crippen molar-refractivity contribution in [1.82, 2.24) is 9.80 Å². The lowest BCUT2D eigenvalue weighted by Crippen LogP contribution is -2.58. The standard InChI is InChI=1S/C21H29F3N2O4/c1-14-13-26(19(28)20(2,29)21(22,23)24)12-10-15(14)9-11-25(3)18(27)16-5-7-17(30-4)8-6-16/h5-8,14-15,29H,9-13H2,1-4H3/t14-,15+,20-/m1/s1. The number of rotatable bonds is 6. The van der Waals surface area contributed by atoms with Gasteiger partial charge in [0.15, 0.2) is 0 Å². The maximum absolute atomic E-state index is 12.9. The third-order valence-electron chi connectivity index (χ3n) is 5.86. The highest BCUT2D eigenvalue weighted by molar-refractivity contribution is 5.94. The maximum atomic E-state index is 12.9. The fourth-order valence-electron chi connectivity index (χ4n) is 3.65. The van der Waals surface area contributed by atoms with Gasteiger partial charge in [0, 0.05) is 32.2 Å². The fourth-order valence-corrected chi connectivity index (χ4v) is 3.65. The third kappa shape index (κ3) is 5.24. The molecule has 1 aromatic carbocycles. The van der Waals surface area contributed by atoms with Gasteiger partial charge < -0.3 is 19.6 Å². The number of aliphatic hydroxyl groups is 1. The molecular formula is C21H29F3N2O4. The average Bonchev–Trinajstić information content (AvgIpc) is 2.70. The minimum absolute atomic E-state index is 0.0452. The predicted molar refractivity (Wildman–Crippen MR) is 105 cm³/mol. The Morgan fingerprint density at radius 3 is 2.37 bits per heavy atom. The van der Waals surface area contributed by atoms with Gasteiger partial charge in [-0.3, -0.25) is 9.59 Å². The zero-order valence-corrected chi connectivity index (χ0v) is 17.7. The number of methoxy groups -OCH3 is 1. The number of ether oxygens (including phenoxy) is 1. The molecule has 1 fully saturated rings. The van der Waals surface area contributed by atoms with Gasteiger partial charge in [-0.25, -0.2) is 0 Å². The summed E-state index contributed by atoms with van der Waals surface area (Å²) in [6.07, 6.45) is -3.82. The summed E-state index contributed by atoms with van der Waals surface area (Å²) in [6, 6.07) is 6.81. The van der Waals surface area contributed by atoms with Gasteiger partial charge in [0.25, 0.3) is 11.8 Å². The van der Waals surface area contributed by atoms with Crippen molar-refractivity contribution in [1.29, 1.82) is 0 Å². The molecule has 6 nitrogen and oxygen atoms in total. The van der Waals surface area contributed by atoms with Gasteiger partial charge in [-0.2, -0.15) is 13.2 Å². The van der Waals surface area contributed by atoms with E-state index in [-0.39, 0.29) is 30.8 Å². The van der Waals surface area contributed by atoms with Gasteiger partial charge >= 0.3 is 6.18 Å². The van der Waals surface area contributed by atoms with E-state index in [1.165, 1.54) is 0 Å². The Labute approximate surface area is 174 Å². The van der Waals surface area contributed by atoms with E-state index in [2.05, 4.69) is 0 Å². The van der Waals surface area contributed by atoms with Gasteiger partial charge in [0.2, 0.25) is 5.60 Å². The van der Waals surface area contributed by atoms with E-state index in [4.69, 9.17) is 4.74 Å². The van der Waals surface area contributed by atoms with E-state index in [9.17, 15) is 27.9 Å². The average molecular weight is 430 g/mol. The number of carbonyl (C=O) groups is 2. The number of hydrogen-bond acceptors (Lipinski definition) is 4. The van der Waals surface area contributed by atoms with Crippen LogP contribution in [-0.4, -0.2) is 72.3 Å². The Morgan fingerprint density at radius 2 is 1.87 bits per heavy atom. The van der Waals surface area contributed by atoms with Crippen LogP contribution < -0.4 is 4.74 Å². The molecule has 1 aliphatic heterocycles. The molecule has 1 N–H and O–H groups in total. The zero-order chi connectivity index (χ0) is 22.7. The van der Waals surface area contributed by atoms with Crippen molar-refractivity contribution >= 4 is 11.8 Å². The molecule has 1 saturated heterocycles. The summed E-state index contributed by atoms with van der Waals surface area (Å²) in [5, 5.41) is 9.63. The number of hydrogen-bond donors (Lipinski definition) is 1. The zero-order valence-electron chi connectivity index (χ0n) is 17.7. The summed E-state index contributed by atoms with van der Waals surface area (Å²) < 4.78 is 43.9. The largest absolute Gasteiger partial charge is 0.497 e. The number of amides is 2. The van der Waals surface area contributed by atoms with Crippen LogP contribution in [0.25, 0.3) is 0 Å². The summed E-state index contributed by atoms with van der Waals surface area (Å²) in [5.74, 6) is -0.660. The van der Waals surface area contributed by atoms with Gasteiger partial charge in [-0.15, -0.1) is 0 Å². The highest BCUT2D eigenvalue weighted by atomic mass is 19.4. The Hall–Kier alpha value is -2.29. The first-order valence-corrected chi connectivity index (χ1v) is 9.86. The Morgan fingerprint density at radius 1 is 1.27 bits per heavy atom. The van der Waals surface area contributed by atoms with E-state index < -0.39 is 17.7 Å². The first-order valence-electron chi connectivity index (χ1n) is 9.86. The molecule has 9 heteroatoms. The van der Waals surface area contributed by atoms with E-state index in [0.29, 0.717) is 37.6 Å². The summed E-state index contributed by atoms with van der Waals surface area (Å²) in [7, 11) is 3.25. The smallest absolute Gasteiger partial charge is 0.426 e. The highest BCUT2D eigenvalue weighted by Crippen LogP contribution is 2.34. The molecule has 0 unspecified atom stereocenters. The fraction of sp³-hybridized carbons (Fsp3) is 0.619. The molecule has 0 saturated carbocycles. The molecule has 1 aromatic rings. The lowest BCUT2D eigenvalue weighted by Gasteiger charge is -2.40. The molecule has 0 aromatic heterocycles. The van der Waals surface area contributed by atoms with Crippen LogP contribution in [0.3, 0.4) is 0 Å². The van der Waals surface area contributed by atoms with Crippen molar-refractivity contribution in [3.63, 3.8) is 0 Å². The lowest BCUT2D eigenvalue weighted by molar-refractivity contribution is -0.251. The summed E-state index contributed by atoms with van der Waals surface area (Å²) >= 11 is 0. The minimum Gasteiger partial charge on any atom is -0.497 e. The van der Waals surface area contributed by atoms with Crippen LogP contribution in [0.2, 0.25) is 0 Å². The minimum atomic E-state index is -5.02. The molecule has 168 valence electrons. The first-order chi connectivity index (χ1) is 13.9. The molecule has 1 aliphatic rings. The highest BCUT2D eigenvalue weighted by Gasteiger charge is 2.57. The molecule has 2 amide bonds. The van der Waals surface area contributed by atoms with Crippen molar-refractivity contribution < 1.29 is 32.6 Å². The second kappa shape index (κ2) is 9.24. The molecule has 0 aliphatic carbocycles. The number of likely N-dealkylation sites (tertiary alicyclic amines) is 1. The van der Waals surface area contributed by atoms with Crippen molar-refractivity contribution in [2.45, 2.75) is 38.5 Å². The quantitative estimate of drug-likeness (QED) is 0.754. The van der Waals surface area contributed by atoms with Crippen LogP contribution in [0.4, 0.5) is 13.2 Å². The normalized spacial score (nSPS) is 21.7. The first kappa shape index (κ1) is 24.0.